The zero-order valence-corrected chi connectivity index (χ0v) is 15.9. The lowest BCUT2D eigenvalue weighted by molar-refractivity contribution is -0.134. The molecule has 2 heterocycles. The summed E-state index contributed by atoms with van der Waals surface area (Å²) in [5, 5.41) is 9.87. The Morgan fingerprint density at radius 3 is 2.67 bits per heavy atom. The number of rotatable bonds is 5. The molecule has 6 nitrogen and oxygen atoms in total. The van der Waals surface area contributed by atoms with E-state index in [1.54, 1.807) is 17.0 Å². The summed E-state index contributed by atoms with van der Waals surface area (Å²) in [5.74, 6) is -1.47. The van der Waals surface area contributed by atoms with E-state index in [-0.39, 0.29) is 41.9 Å². The zero-order valence-electron chi connectivity index (χ0n) is 15.9. The number of benzene rings is 2. The fourth-order valence-electron chi connectivity index (χ4n) is 3.67. The van der Waals surface area contributed by atoms with E-state index in [2.05, 4.69) is 0 Å². The second kappa shape index (κ2) is 8.23. The lowest BCUT2D eigenvalue weighted by Crippen LogP contribution is -2.40. The average molecular weight is 415 g/mol. The van der Waals surface area contributed by atoms with Gasteiger partial charge in [0, 0.05) is 24.1 Å². The third kappa shape index (κ3) is 4.04. The predicted molar refractivity (Wildman–Crippen MR) is 105 cm³/mol. The van der Waals surface area contributed by atoms with E-state index in [4.69, 9.17) is 9.15 Å². The van der Waals surface area contributed by atoms with Gasteiger partial charge in [0.1, 0.15) is 23.0 Å². The molecule has 1 N–H and O–H groups in total. The van der Waals surface area contributed by atoms with Crippen LogP contribution in [0.4, 0.5) is 8.78 Å². The highest BCUT2D eigenvalue weighted by atomic mass is 19.1. The van der Waals surface area contributed by atoms with Crippen molar-refractivity contribution in [2.45, 2.75) is 18.9 Å². The maximum absolute atomic E-state index is 13.5. The summed E-state index contributed by atoms with van der Waals surface area (Å²) in [6.45, 7) is 0.306. The van der Waals surface area contributed by atoms with Crippen molar-refractivity contribution in [1.82, 2.24) is 4.90 Å². The molecule has 0 aliphatic carbocycles. The van der Waals surface area contributed by atoms with Crippen molar-refractivity contribution in [3.63, 3.8) is 0 Å². The van der Waals surface area contributed by atoms with Gasteiger partial charge < -0.3 is 19.2 Å². The van der Waals surface area contributed by atoms with E-state index in [0.29, 0.717) is 17.7 Å². The van der Waals surface area contributed by atoms with Crippen molar-refractivity contribution >= 4 is 16.9 Å². The van der Waals surface area contributed by atoms with Gasteiger partial charge in [0.2, 0.25) is 0 Å². The molecule has 1 fully saturated rings. The molecule has 0 bridgehead atoms. The van der Waals surface area contributed by atoms with E-state index >= 15 is 0 Å². The van der Waals surface area contributed by atoms with Gasteiger partial charge in [-0.25, -0.2) is 13.6 Å². The Kier molecular flexibility index (Phi) is 5.50. The van der Waals surface area contributed by atoms with E-state index < -0.39 is 17.3 Å². The second-order valence-corrected chi connectivity index (χ2v) is 7.16. The quantitative estimate of drug-likeness (QED) is 0.648. The molecule has 0 radical (unpaired) electrons. The SMILES string of the molecule is O=C(COc1ccc2cc(-c3cc(F)cc(F)c3)c(=O)oc2c1)N1CCCC1CO. The number of aliphatic hydroxyl groups excluding tert-OH is 1. The predicted octanol–water partition coefficient (Wildman–Crippen LogP) is 3.10. The van der Waals surface area contributed by atoms with Crippen LogP contribution < -0.4 is 10.4 Å². The largest absolute Gasteiger partial charge is 0.484 e. The van der Waals surface area contributed by atoms with Gasteiger partial charge >= 0.3 is 5.63 Å². The molecular formula is C22H19F2NO5. The Balaban J connectivity index is 1.55. The maximum Gasteiger partial charge on any atom is 0.344 e. The number of carbonyl (C=O) groups is 1. The molecule has 1 aromatic heterocycles. The maximum atomic E-state index is 13.5. The minimum atomic E-state index is -0.792. The number of halogens is 2. The summed E-state index contributed by atoms with van der Waals surface area (Å²) in [6.07, 6.45) is 1.61. The molecule has 1 unspecified atom stereocenters. The highest BCUT2D eigenvalue weighted by Gasteiger charge is 2.28. The van der Waals surface area contributed by atoms with E-state index in [0.717, 1.165) is 31.0 Å². The van der Waals surface area contributed by atoms with Crippen LogP contribution in [-0.4, -0.2) is 41.7 Å². The summed E-state index contributed by atoms with van der Waals surface area (Å²) in [5.41, 5.74) is -0.407. The number of fused-ring (bicyclic) bond motifs is 1. The highest BCUT2D eigenvalue weighted by Crippen LogP contribution is 2.26. The molecule has 1 aliphatic rings. The standard InChI is InChI=1S/C22H19F2NO5/c23-15-6-14(7-16(24)9-15)19-8-13-3-4-18(10-20(13)30-22(19)28)29-12-21(27)25-5-1-2-17(25)11-26/h3-4,6-10,17,26H,1-2,5,11-12H2. The molecule has 1 amide bonds. The number of ether oxygens (including phenoxy) is 1. The number of hydrogen-bond acceptors (Lipinski definition) is 5. The monoisotopic (exact) mass is 415 g/mol. The van der Waals surface area contributed by atoms with Crippen LogP contribution >= 0.6 is 0 Å². The van der Waals surface area contributed by atoms with Gasteiger partial charge in [-0.05, 0) is 48.7 Å². The van der Waals surface area contributed by atoms with Gasteiger partial charge in [-0.2, -0.15) is 0 Å². The lowest BCUT2D eigenvalue weighted by atomic mass is 10.1. The first-order valence-corrected chi connectivity index (χ1v) is 9.52. The Hall–Kier alpha value is -3.26. The zero-order chi connectivity index (χ0) is 21.3. The Bertz CT molecular complexity index is 1140. The number of nitrogens with zero attached hydrogens (tertiary/aromatic N) is 1. The second-order valence-electron chi connectivity index (χ2n) is 7.16. The first-order chi connectivity index (χ1) is 14.4. The normalized spacial score (nSPS) is 16.2. The number of likely N-dealkylation sites (tertiary alicyclic amines) is 1. The third-order valence-corrected chi connectivity index (χ3v) is 5.15. The van der Waals surface area contributed by atoms with Crippen LogP contribution in [0.5, 0.6) is 5.75 Å². The number of aliphatic hydroxyl groups is 1. The average Bonchev–Trinajstić information content (AvgIpc) is 3.19. The topological polar surface area (TPSA) is 80.0 Å². The van der Waals surface area contributed by atoms with Crippen molar-refractivity contribution in [2.24, 2.45) is 0 Å². The molecule has 8 heteroatoms. The first kappa shape index (κ1) is 20.0. The van der Waals surface area contributed by atoms with E-state index in [1.807, 2.05) is 0 Å². The van der Waals surface area contributed by atoms with Crippen LogP contribution in [0.25, 0.3) is 22.1 Å². The molecule has 30 heavy (non-hydrogen) atoms. The van der Waals surface area contributed by atoms with Crippen LogP contribution in [-0.2, 0) is 4.79 Å². The van der Waals surface area contributed by atoms with Gasteiger partial charge in [-0.15, -0.1) is 0 Å². The molecule has 0 saturated carbocycles. The molecule has 1 saturated heterocycles. The summed E-state index contributed by atoms with van der Waals surface area (Å²) in [4.78, 5) is 26.3. The van der Waals surface area contributed by atoms with Crippen LogP contribution in [0.1, 0.15) is 12.8 Å². The van der Waals surface area contributed by atoms with Crippen molar-refractivity contribution in [3.05, 3.63) is 64.5 Å². The minimum absolute atomic E-state index is 0.0359. The van der Waals surface area contributed by atoms with Crippen molar-refractivity contribution in [2.75, 3.05) is 19.8 Å². The number of hydrogen-bond donors (Lipinski definition) is 1. The third-order valence-electron chi connectivity index (χ3n) is 5.15. The smallest absolute Gasteiger partial charge is 0.344 e. The Labute approximate surface area is 170 Å². The summed E-state index contributed by atoms with van der Waals surface area (Å²) in [6, 6.07) is 8.87. The molecule has 3 aromatic rings. The molecule has 4 rings (SSSR count). The molecule has 0 spiro atoms. The van der Waals surface area contributed by atoms with Crippen LogP contribution in [0.15, 0.2) is 51.7 Å². The van der Waals surface area contributed by atoms with Gasteiger partial charge in [-0.1, -0.05) is 0 Å². The van der Waals surface area contributed by atoms with Gasteiger partial charge in [0.15, 0.2) is 6.61 Å². The highest BCUT2D eigenvalue weighted by molar-refractivity contribution is 5.83. The summed E-state index contributed by atoms with van der Waals surface area (Å²) in [7, 11) is 0. The van der Waals surface area contributed by atoms with E-state index in [9.17, 15) is 23.5 Å². The fraction of sp³-hybridized carbons (Fsp3) is 0.273. The molecule has 1 aliphatic heterocycles. The van der Waals surface area contributed by atoms with Crippen LogP contribution in [0.3, 0.4) is 0 Å². The summed E-state index contributed by atoms with van der Waals surface area (Å²) >= 11 is 0. The number of amides is 1. The molecule has 156 valence electrons. The van der Waals surface area contributed by atoms with Crippen molar-refractivity contribution in [1.29, 1.82) is 0 Å². The van der Waals surface area contributed by atoms with Crippen molar-refractivity contribution < 1.29 is 27.8 Å². The van der Waals surface area contributed by atoms with Gasteiger partial charge in [-0.3, -0.25) is 4.79 Å². The molecule has 2 aromatic carbocycles. The van der Waals surface area contributed by atoms with Crippen molar-refractivity contribution in [3.8, 4) is 16.9 Å². The van der Waals surface area contributed by atoms with E-state index in [1.165, 1.54) is 12.1 Å². The van der Waals surface area contributed by atoms with Crippen LogP contribution in [0.2, 0.25) is 0 Å². The summed E-state index contributed by atoms with van der Waals surface area (Å²) < 4.78 is 37.8. The van der Waals surface area contributed by atoms with Gasteiger partial charge in [0.25, 0.3) is 5.91 Å². The van der Waals surface area contributed by atoms with Gasteiger partial charge in [0.05, 0.1) is 18.2 Å². The first-order valence-electron chi connectivity index (χ1n) is 9.52. The fourth-order valence-corrected chi connectivity index (χ4v) is 3.67. The Morgan fingerprint density at radius 2 is 1.93 bits per heavy atom. The minimum Gasteiger partial charge on any atom is -0.484 e. The lowest BCUT2D eigenvalue weighted by Gasteiger charge is -2.22. The molecule has 1 atom stereocenters. The van der Waals surface area contributed by atoms with Crippen LogP contribution in [0, 0.1) is 11.6 Å². The Morgan fingerprint density at radius 1 is 1.17 bits per heavy atom. The number of carbonyl (C=O) groups excluding carboxylic acids is 1. The molecular weight excluding hydrogens is 396 g/mol.